The van der Waals surface area contributed by atoms with Crippen molar-refractivity contribution in [2.75, 3.05) is 19.2 Å². The van der Waals surface area contributed by atoms with E-state index >= 15 is 0 Å². The number of halogens is 2. The molecule has 0 atom stereocenters. The molecule has 0 saturated carbocycles. The smallest absolute Gasteiger partial charge is 0.280 e. The van der Waals surface area contributed by atoms with Gasteiger partial charge in [-0.3, -0.25) is 4.79 Å². The van der Waals surface area contributed by atoms with Crippen LogP contribution in [0.1, 0.15) is 12.5 Å². The van der Waals surface area contributed by atoms with Crippen LogP contribution in [0.15, 0.2) is 41.0 Å². The number of anilines is 1. The predicted octanol–water partition coefficient (Wildman–Crippen LogP) is 4.52. The zero-order chi connectivity index (χ0) is 19.7. The number of hydrazone groups is 1. The Hall–Kier alpha value is -2.70. The lowest BCUT2D eigenvalue weighted by atomic mass is 10.1. The number of rotatable bonds is 4. The molecule has 27 heavy (non-hydrogen) atoms. The van der Waals surface area contributed by atoms with Gasteiger partial charge in [0.15, 0.2) is 11.5 Å². The third kappa shape index (κ3) is 3.59. The highest BCUT2D eigenvalue weighted by molar-refractivity contribution is 6.42. The predicted molar refractivity (Wildman–Crippen MR) is 106 cm³/mol. The maximum atomic E-state index is 12.8. The molecular weight excluding hydrogens is 391 g/mol. The fourth-order valence-corrected chi connectivity index (χ4v) is 2.93. The van der Waals surface area contributed by atoms with Crippen LogP contribution in [0.4, 0.5) is 5.69 Å². The van der Waals surface area contributed by atoms with Gasteiger partial charge in [-0.1, -0.05) is 23.2 Å². The van der Waals surface area contributed by atoms with Crippen molar-refractivity contribution in [2.45, 2.75) is 6.92 Å². The molecule has 3 rings (SSSR count). The highest BCUT2D eigenvalue weighted by Crippen LogP contribution is 2.38. The van der Waals surface area contributed by atoms with E-state index < -0.39 is 0 Å². The molecule has 1 heterocycles. The summed E-state index contributed by atoms with van der Waals surface area (Å²) in [5.74, 6) is 0.0600. The van der Waals surface area contributed by atoms with Gasteiger partial charge in [-0.05, 0) is 48.9 Å². The molecule has 0 bridgehead atoms. The van der Waals surface area contributed by atoms with E-state index in [-0.39, 0.29) is 23.2 Å². The molecule has 8 heteroatoms. The molecule has 0 fully saturated rings. The van der Waals surface area contributed by atoms with Crippen molar-refractivity contribution in [3.05, 3.63) is 51.5 Å². The van der Waals surface area contributed by atoms with Gasteiger partial charge >= 0.3 is 0 Å². The van der Waals surface area contributed by atoms with Crippen LogP contribution >= 0.6 is 23.2 Å². The minimum atomic E-state index is -0.308. The van der Waals surface area contributed by atoms with E-state index in [9.17, 15) is 9.90 Å². The van der Waals surface area contributed by atoms with E-state index in [0.29, 0.717) is 32.6 Å². The molecule has 1 amide bonds. The summed E-state index contributed by atoms with van der Waals surface area (Å²) in [6, 6.07) is 8.06. The average Bonchev–Trinajstić information content (AvgIpc) is 2.93. The van der Waals surface area contributed by atoms with E-state index in [1.54, 1.807) is 43.3 Å². The first-order valence-corrected chi connectivity index (χ1v) is 8.63. The summed E-state index contributed by atoms with van der Waals surface area (Å²) in [6.07, 6.45) is 1.66. The first-order valence-electron chi connectivity index (χ1n) is 7.87. The molecule has 1 aliphatic rings. The Labute approximate surface area is 166 Å². The second-order valence-electron chi connectivity index (χ2n) is 5.73. The Balaban J connectivity index is 2.00. The number of aromatic hydroxyl groups is 1. The third-order valence-electron chi connectivity index (χ3n) is 4.02. The minimum absolute atomic E-state index is 0.109. The summed E-state index contributed by atoms with van der Waals surface area (Å²) in [5, 5.41) is 16.3. The zero-order valence-electron chi connectivity index (χ0n) is 14.8. The van der Waals surface area contributed by atoms with Crippen molar-refractivity contribution < 1.29 is 19.4 Å². The lowest BCUT2D eigenvalue weighted by molar-refractivity contribution is -0.114. The van der Waals surface area contributed by atoms with Crippen molar-refractivity contribution in [1.29, 1.82) is 0 Å². The van der Waals surface area contributed by atoms with Gasteiger partial charge < -0.3 is 14.6 Å². The van der Waals surface area contributed by atoms with Crippen LogP contribution in [0.2, 0.25) is 10.0 Å². The Morgan fingerprint density at radius 2 is 1.70 bits per heavy atom. The molecule has 1 aliphatic heterocycles. The minimum Gasteiger partial charge on any atom is -0.502 e. The van der Waals surface area contributed by atoms with Crippen molar-refractivity contribution in [3.8, 4) is 17.2 Å². The number of phenols is 1. The van der Waals surface area contributed by atoms with Crippen LogP contribution in [0.25, 0.3) is 6.08 Å². The first kappa shape index (κ1) is 19.1. The second-order valence-corrected chi connectivity index (χ2v) is 6.55. The number of phenolic OH excluding ortho intramolecular Hbond substituents is 1. The van der Waals surface area contributed by atoms with Gasteiger partial charge in [0.25, 0.3) is 5.91 Å². The van der Waals surface area contributed by atoms with Crippen LogP contribution in [0.5, 0.6) is 17.2 Å². The van der Waals surface area contributed by atoms with Crippen LogP contribution in [0.3, 0.4) is 0 Å². The Morgan fingerprint density at radius 1 is 1.07 bits per heavy atom. The first-order chi connectivity index (χ1) is 12.8. The third-order valence-corrected chi connectivity index (χ3v) is 4.76. The summed E-state index contributed by atoms with van der Waals surface area (Å²) in [5.41, 5.74) is 2.07. The van der Waals surface area contributed by atoms with Crippen LogP contribution in [-0.2, 0) is 4.79 Å². The topological polar surface area (TPSA) is 71.4 Å². The lowest BCUT2D eigenvalue weighted by Gasteiger charge is -2.12. The van der Waals surface area contributed by atoms with E-state index in [0.717, 1.165) is 0 Å². The molecule has 0 radical (unpaired) electrons. The molecule has 0 unspecified atom stereocenters. The Kier molecular flexibility index (Phi) is 5.30. The summed E-state index contributed by atoms with van der Waals surface area (Å²) < 4.78 is 10.3. The normalized spacial score (nSPS) is 15.3. The number of benzene rings is 2. The van der Waals surface area contributed by atoms with Gasteiger partial charge in [-0.2, -0.15) is 10.1 Å². The number of methoxy groups -OCH3 is 2. The highest BCUT2D eigenvalue weighted by Gasteiger charge is 2.29. The Bertz CT molecular complexity index is 961. The number of nitrogens with zero attached hydrogens (tertiary/aromatic N) is 2. The fraction of sp³-hybridized carbons (Fsp3) is 0.158. The molecule has 140 valence electrons. The largest absolute Gasteiger partial charge is 0.502 e. The monoisotopic (exact) mass is 406 g/mol. The number of hydrogen-bond donors (Lipinski definition) is 1. The van der Waals surface area contributed by atoms with Crippen molar-refractivity contribution >= 4 is 46.6 Å². The molecular formula is C19H16Cl2N2O4. The number of carbonyl (C=O) groups is 1. The molecule has 2 aromatic rings. The second kappa shape index (κ2) is 7.50. The van der Waals surface area contributed by atoms with Gasteiger partial charge in [0, 0.05) is 0 Å². The number of ether oxygens (including phenoxy) is 2. The maximum absolute atomic E-state index is 12.8. The van der Waals surface area contributed by atoms with Gasteiger partial charge in [0.05, 0.1) is 41.2 Å². The van der Waals surface area contributed by atoms with Gasteiger partial charge in [0.2, 0.25) is 5.75 Å². The number of hydrogen-bond acceptors (Lipinski definition) is 5. The summed E-state index contributed by atoms with van der Waals surface area (Å²) in [7, 11) is 2.87. The molecule has 0 aliphatic carbocycles. The molecule has 0 saturated heterocycles. The molecule has 0 spiro atoms. The quantitative estimate of drug-likeness (QED) is 0.757. The zero-order valence-corrected chi connectivity index (χ0v) is 16.3. The standard InChI is InChI=1S/C19H16Cl2N2O4/c1-10-13(6-11-7-16(26-2)18(24)17(8-11)27-3)19(25)23(22-10)12-4-5-14(20)15(21)9-12/h4-9,24H,1-3H3/b13-6-. The summed E-state index contributed by atoms with van der Waals surface area (Å²) in [4.78, 5) is 12.8. The Morgan fingerprint density at radius 3 is 2.26 bits per heavy atom. The molecule has 1 N–H and O–H groups in total. The van der Waals surface area contributed by atoms with E-state index in [1.807, 2.05) is 0 Å². The van der Waals surface area contributed by atoms with Gasteiger partial charge in [0.1, 0.15) is 0 Å². The van der Waals surface area contributed by atoms with Crippen LogP contribution in [-0.4, -0.2) is 30.9 Å². The molecule has 2 aromatic carbocycles. The summed E-state index contributed by atoms with van der Waals surface area (Å²) in [6.45, 7) is 1.73. The van der Waals surface area contributed by atoms with Crippen LogP contribution in [0, 0.1) is 0 Å². The summed E-state index contributed by atoms with van der Waals surface area (Å²) >= 11 is 12.0. The van der Waals surface area contributed by atoms with Crippen molar-refractivity contribution in [1.82, 2.24) is 0 Å². The lowest BCUT2D eigenvalue weighted by Crippen LogP contribution is -2.21. The SMILES string of the molecule is COc1cc(/C=C2\C(=O)N(c3ccc(Cl)c(Cl)c3)N=C2C)cc(OC)c1O. The van der Waals surface area contributed by atoms with E-state index in [1.165, 1.54) is 19.2 Å². The fourth-order valence-electron chi connectivity index (χ4n) is 2.64. The van der Waals surface area contributed by atoms with E-state index in [2.05, 4.69) is 5.10 Å². The number of amides is 1. The number of carbonyl (C=O) groups excluding carboxylic acids is 1. The van der Waals surface area contributed by atoms with Gasteiger partial charge in [-0.15, -0.1) is 0 Å². The van der Waals surface area contributed by atoms with Crippen molar-refractivity contribution in [2.24, 2.45) is 5.10 Å². The molecule has 0 aromatic heterocycles. The average molecular weight is 407 g/mol. The van der Waals surface area contributed by atoms with E-state index in [4.69, 9.17) is 32.7 Å². The van der Waals surface area contributed by atoms with Crippen LogP contribution < -0.4 is 14.5 Å². The highest BCUT2D eigenvalue weighted by atomic mass is 35.5. The maximum Gasteiger partial charge on any atom is 0.280 e. The van der Waals surface area contributed by atoms with Gasteiger partial charge in [-0.25, -0.2) is 0 Å². The van der Waals surface area contributed by atoms with Crippen molar-refractivity contribution in [3.63, 3.8) is 0 Å². The molecule has 6 nitrogen and oxygen atoms in total.